The lowest BCUT2D eigenvalue weighted by Crippen LogP contribution is -2.49. The molecule has 0 aromatic heterocycles. The molecule has 1 fully saturated rings. The molecule has 5 N–H and O–H groups in total. The summed E-state index contributed by atoms with van der Waals surface area (Å²) in [5.41, 5.74) is 6.11. The Morgan fingerprint density at radius 3 is 2.10 bits per heavy atom. The average molecular weight is 570 g/mol. The zero-order valence-corrected chi connectivity index (χ0v) is 25.0. The number of Topliss-reactive ketones (excluding diaryl/α,β-unsaturated/α-hetero) is 1. The zero-order valence-electron chi connectivity index (χ0n) is 25.0. The van der Waals surface area contributed by atoms with E-state index in [0.29, 0.717) is 36.5 Å². The summed E-state index contributed by atoms with van der Waals surface area (Å²) in [4.78, 5) is 36.6. The first-order valence-electron chi connectivity index (χ1n) is 13.2. The Balaban J connectivity index is 0.00000150. The Bertz CT molecular complexity index is 994. The van der Waals surface area contributed by atoms with Crippen LogP contribution in [0.1, 0.15) is 44.2 Å². The van der Waals surface area contributed by atoms with Gasteiger partial charge >= 0.3 is 0 Å². The maximum absolute atomic E-state index is 13.1. The Kier molecular flexibility index (Phi) is 14.2. The van der Waals surface area contributed by atoms with Crippen LogP contribution in [0.25, 0.3) is 0 Å². The van der Waals surface area contributed by atoms with Gasteiger partial charge in [0.15, 0.2) is 22.9 Å². The fourth-order valence-electron chi connectivity index (χ4n) is 5.16. The van der Waals surface area contributed by atoms with Crippen molar-refractivity contribution < 1.29 is 43.5 Å². The van der Waals surface area contributed by atoms with Crippen LogP contribution in [0.3, 0.4) is 0 Å². The number of anilines is 1. The number of methoxy groups -OCH3 is 3. The van der Waals surface area contributed by atoms with Crippen molar-refractivity contribution in [3.8, 4) is 17.2 Å². The maximum Gasteiger partial charge on any atom is 0.220 e. The molecule has 2 amide bonds. The summed E-state index contributed by atoms with van der Waals surface area (Å²) in [6.45, 7) is 3.84. The molecule has 0 saturated carbocycles. The summed E-state index contributed by atoms with van der Waals surface area (Å²) in [5.74, 6) is 1.76. The number of primary amides is 1. The number of fused-ring (bicyclic) bond motifs is 1. The summed E-state index contributed by atoms with van der Waals surface area (Å²) in [6.07, 6.45) is 3.29. The van der Waals surface area contributed by atoms with E-state index in [-0.39, 0.29) is 43.2 Å². The summed E-state index contributed by atoms with van der Waals surface area (Å²) >= 11 is 0. The highest BCUT2D eigenvalue weighted by Gasteiger charge is 2.54. The molecule has 0 spiro atoms. The van der Waals surface area contributed by atoms with E-state index in [9.17, 15) is 14.7 Å². The predicted molar refractivity (Wildman–Crippen MR) is 151 cm³/mol. The van der Waals surface area contributed by atoms with Gasteiger partial charge in [0.2, 0.25) is 18.1 Å². The molecule has 1 aliphatic carbocycles. The molecular formula is C28H47N3O9. The number of carbonyl (C=O) groups is 3. The molecule has 1 saturated heterocycles. The molecule has 2 aliphatic rings. The number of amides is 2. The van der Waals surface area contributed by atoms with Crippen molar-refractivity contribution in [2.24, 2.45) is 17.6 Å². The number of epoxide rings is 1. The number of ether oxygens (including phenoxy) is 4. The van der Waals surface area contributed by atoms with Crippen molar-refractivity contribution in [1.82, 2.24) is 5.32 Å². The monoisotopic (exact) mass is 569 g/mol. The second-order valence-electron chi connectivity index (χ2n) is 10.3. The number of nitrogens with two attached hydrogens (primary N) is 1. The summed E-state index contributed by atoms with van der Waals surface area (Å²) in [5, 5.41) is 19.5. The van der Waals surface area contributed by atoms with Gasteiger partial charge in [-0.2, -0.15) is 0 Å². The third kappa shape index (κ3) is 8.21. The molecule has 3 unspecified atom stereocenters. The molecule has 0 bridgehead atoms. The van der Waals surface area contributed by atoms with Crippen molar-refractivity contribution >= 4 is 23.8 Å². The van der Waals surface area contributed by atoms with Gasteiger partial charge in [-0.1, -0.05) is 13.8 Å². The number of ketones is 1. The molecule has 0 radical (unpaired) electrons. The Morgan fingerprint density at radius 1 is 1.12 bits per heavy atom. The zero-order chi connectivity index (χ0) is 30.6. The highest BCUT2D eigenvalue weighted by Crippen LogP contribution is 2.52. The van der Waals surface area contributed by atoms with Gasteiger partial charge in [0.1, 0.15) is 0 Å². The van der Waals surface area contributed by atoms with Crippen molar-refractivity contribution in [3.05, 3.63) is 11.1 Å². The number of aliphatic hydroxyl groups is 2. The number of rotatable bonds is 12. The molecule has 12 heteroatoms. The van der Waals surface area contributed by atoms with E-state index in [1.165, 1.54) is 0 Å². The number of nitrogens with one attached hydrogen (secondary N) is 1. The van der Waals surface area contributed by atoms with Crippen molar-refractivity contribution in [2.75, 3.05) is 60.6 Å². The van der Waals surface area contributed by atoms with Gasteiger partial charge in [-0.15, -0.1) is 0 Å². The quantitative estimate of drug-likeness (QED) is 0.209. The van der Waals surface area contributed by atoms with E-state index in [2.05, 4.69) is 11.1 Å². The fourth-order valence-corrected chi connectivity index (χ4v) is 5.16. The highest BCUT2D eigenvalue weighted by molar-refractivity contribution is 5.97. The van der Waals surface area contributed by atoms with Crippen LogP contribution >= 0.6 is 0 Å². The van der Waals surface area contributed by atoms with Crippen LogP contribution in [0, 0.1) is 11.8 Å². The van der Waals surface area contributed by atoms with Gasteiger partial charge in [-0.05, 0) is 43.1 Å². The fraction of sp³-hybridized carbons (Fsp3) is 0.679. The molecule has 1 aliphatic heterocycles. The number of benzene rings is 1. The first-order chi connectivity index (χ1) is 19.0. The summed E-state index contributed by atoms with van der Waals surface area (Å²) in [7, 11) is 9.75. The summed E-state index contributed by atoms with van der Waals surface area (Å²) in [6, 6.07) is -0.671. The highest BCUT2D eigenvalue weighted by atomic mass is 16.6. The van der Waals surface area contributed by atoms with Crippen molar-refractivity contribution in [2.45, 2.75) is 57.6 Å². The van der Waals surface area contributed by atoms with Crippen molar-refractivity contribution in [3.63, 3.8) is 0 Å². The Hall–Kier alpha value is -3.09. The number of hydrogen-bond donors (Lipinski definition) is 4. The van der Waals surface area contributed by atoms with E-state index in [1.807, 2.05) is 32.8 Å². The molecule has 1 aromatic carbocycles. The van der Waals surface area contributed by atoms with Crippen molar-refractivity contribution in [1.29, 1.82) is 0 Å². The molecule has 1 heterocycles. The topological polar surface area (TPSA) is 173 Å². The molecule has 40 heavy (non-hydrogen) atoms. The van der Waals surface area contributed by atoms with Crippen LogP contribution in [-0.2, 0) is 32.0 Å². The second-order valence-corrected chi connectivity index (χ2v) is 10.3. The van der Waals surface area contributed by atoms with Crippen LogP contribution < -0.4 is 30.2 Å². The first-order valence-corrected chi connectivity index (χ1v) is 13.2. The molecule has 1 aromatic rings. The van der Waals surface area contributed by atoms with Gasteiger partial charge in [-0.3, -0.25) is 14.4 Å². The standard InChI is InChI=1S/C26H40N2O7.CH3NO.CH4O/c1-15(2)10-19(25(31)26(13-29)14-35-26)27-20(30)12-16-8-9-17-18(11-16)21(28(3)4)23(33-6)24(34-7)22(17)32-5;2-1-3;1-2/h15-16,19,29H,8-14H2,1-7H3,(H,27,30);1H,(H2,2,3);2H,1H3. The minimum atomic E-state index is -1.15. The molecule has 228 valence electrons. The molecule has 3 rings (SSSR count). The lowest BCUT2D eigenvalue weighted by Gasteiger charge is -2.32. The molecule has 3 atom stereocenters. The minimum Gasteiger partial charge on any atom is -0.492 e. The maximum atomic E-state index is 13.1. The van der Waals surface area contributed by atoms with E-state index in [0.717, 1.165) is 36.8 Å². The molecule has 12 nitrogen and oxygen atoms in total. The second kappa shape index (κ2) is 16.2. The number of carbonyl (C=O) groups excluding carboxylic acids is 3. The number of hydrogen-bond acceptors (Lipinski definition) is 10. The number of aliphatic hydroxyl groups excluding tert-OH is 2. The lowest BCUT2D eigenvalue weighted by molar-refractivity contribution is -0.132. The molecular weight excluding hydrogens is 522 g/mol. The Labute approximate surface area is 237 Å². The van der Waals surface area contributed by atoms with Gasteiger partial charge in [0.25, 0.3) is 0 Å². The van der Waals surface area contributed by atoms with Crippen LogP contribution in [0.2, 0.25) is 0 Å². The average Bonchev–Trinajstić information content (AvgIpc) is 3.73. The smallest absolute Gasteiger partial charge is 0.220 e. The largest absolute Gasteiger partial charge is 0.492 e. The third-order valence-electron chi connectivity index (χ3n) is 6.94. The SMILES string of the molecule is CO.COc1c2c(c(N(C)C)c(OC)c1OC)CC(CC(=O)NC(CC(C)C)C(=O)C1(CO)CO1)CC2.NC=O. The lowest BCUT2D eigenvalue weighted by atomic mass is 9.80. The predicted octanol–water partition coefficient (Wildman–Crippen LogP) is 0.845. The van der Waals surface area contributed by atoms with Gasteiger partial charge < -0.3 is 45.1 Å². The van der Waals surface area contributed by atoms with Crippen LogP contribution in [0.5, 0.6) is 17.2 Å². The van der Waals surface area contributed by atoms with Crippen LogP contribution in [0.4, 0.5) is 5.69 Å². The normalized spacial score (nSPS) is 19.4. The van der Waals surface area contributed by atoms with E-state index >= 15 is 0 Å². The van der Waals surface area contributed by atoms with Gasteiger partial charge in [0.05, 0.1) is 46.3 Å². The number of nitrogens with zero attached hydrogens (tertiary/aromatic N) is 1. The minimum absolute atomic E-state index is 0.0998. The Morgan fingerprint density at radius 2 is 1.68 bits per heavy atom. The van der Waals surface area contributed by atoms with Crippen LogP contribution in [-0.4, -0.2) is 95.7 Å². The van der Waals surface area contributed by atoms with Gasteiger partial charge in [-0.25, -0.2) is 0 Å². The first kappa shape index (κ1) is 34.9. The van der Waals surface area contributed by atoms with E-state index in [4.69, 9.17) is 28.8 Å². The third-order valence-corrected chi connectivity index (χ3v) is 6.94. The summed E-state index contributed by atoms with van der Waals surface area (Å²) < 4.78 is 22.3. The van der Waals surface area contributed by atoms with Gasteiger partial charge in [0, 0.05) is 33.2 Å². The van der Waals surface area contributed by atoms with Crippen LogP contribution in [0.15, 0.2) is 0 Å². The van der Waals surface area contributed by atoms with E-state index in [1.54, 1.807) is 21.3 Å². The van der Waals surface area contributed by atoms with E-state index < -0.39 is 11.6 Å².